The average molecular weight is 881 g/mol. The van der Waals surface area contributed by atoms with Gasteiger partial charge in [0.05, 0.1) is 0 Å². The lowest BCUT2D eigenvalue weighted by molar-refractivity contribution is -0.450. The summed E-state index contributed by atoms with van der Waals surface area (Å²) in [6.45, 7) is 2.83. The fourth-order valence-electron chi connectivity index (χ4n) is 8.31. The monoisotopic (exact) mass is 880 g/mol. The number of ether oxygens (including phenoxy) is 2. The van der Waals surface area contributed by atoms with E-state index in [9.17, 15) is 106 Å². The van der Waals surface area contributed by atoms with Gasteiger partial charge in [-0.2, -0.15) is 96.6 Å². The van der Waals surface area contributed by atoms with Gasteiger partial charge >= 0.3 is 71.7 Å². The summed E-state index contributed by atoms with van der Waals surface area (Å²) in [5.74, 6) is -71.8. The molecule has 0 spiro atoms. The first-order chi connectivity index (χ1) is 25.2. The summed E-state index contributed by atoms with van der Waals surface area (Å²) in [5, 5.41) is 0. The third-order valence-corrected chi connectivity index (χ3v) is 11.7. The van der Waals surface area contributed by atoms with E-state index in [0.29, 0.717) is 0 Å². The van der Waals surface area contributed by atoms with Gasteiger partial charge in [-0.15, -0.1) is 0 Å². The molecule has 0 aromatic heterocycles. The second kappa shape index (κ2) is 13.2. The van der Waals surface area contributed by atoms with Crippen molar-refractivity contribution in [2.45, 2.75) is 125 Å². The number of hydrogen-bond donors (Lipinski definition) is 0. The van der Waals surface area contributed by atoms with Crippen LogP contribution in [-0.4, -0.2) is 77.8 Å². The van der Waals surface area contributed by atoms with Crippen molar-refractivity contribution in [2.24, 2.45) is 28.6 Å². The van der Waals surface area contributed by atoms with Gasteiger partial charge in [-0.05, 0) is 73.3 Å². The highest BCUT2D eigenvalue weighted by Crippen LogP contribution is 2.66. The molecular weight excluding hydrogens is 854 g/mol. The smallest absolute Gasteiger partial charge is 0.457 e. The van der Waals surface area contributed by atoms with Crippen molar-refractivity contribution in [3.05, 3.63) is 23.5 Å². The van der Waals surface area contributed by atoms with Crippen molar-refractivity contribution >= 4 is 11.9 Å². The molecular formula is C31H26F22O4. The van der Waals surface area contributed by atoms with E-state index in [1.165, 1.54) is 13.0 Å². The van der Waals surface area contributed by atoms with E-state index < -0.39 is 125 Å². The Bertz CT molecular complexity index is 1680. The van der Waals surface area contributed by atoms with Crippen molar-refractivity contribution < 1.29 is 116 Å². The zero-order valence-corrected chi connectivity index (χ0v) is 28.4. The Balaban J connectivity index is 1.54. The molecule has 4 aliphatic carbocycles. The van der Waals surface area contributed by atoms with Gasteiger partial charge in [0, 0.05) is 11.8 Å². The topological polar surface area (TPSA) is 52.6 Å². The number of carbonyl (C=O) groups is 2. The van der Waals surface area contributed by atoms with Gasteiger partial charge in [-0.1, -0.05) is 19.9 Å². The summed E-state index contributed by atoms with van der Waals surface area (Å²) in [7, 11) is 0. The quantitative estimate of drug-likeness (QED) is 0.162. The Morgan fingerprint density at radius 1 is 0.579 bits per heavy atom. The van der Waals surface area contributed by atoms with E-state index in [0.717, 1.165) is 6.08 Å². The second-order valence-electron chi connectivity index (χ2n) is 14.8. The summed E-state index contributed by atoms with van der Waals surface area (Å²) in [6.07, 6.45) is -15.7. The van der Waals surface area contributed by atoms with Gasteiger partial charge in [0.25, 0.3) is 0 Å². The molecule has 0 amide bonds. The third kappa shape index (κ3) is 6.35. The first kappa shape index (κ1) is 46.6. The summed E-state index contributed by atoms with van der Waals surface area (Å²) in [5.41, 5.74) is -2.31. The predicted octanol–water partition coefficient (Wildman–Crippen LogP) is 11.1. The van der Waals surface area contributed by atoms with Crippen molar-refractivity contribution in [2.75, 3.05) is 0 Å². The number of allylic oxidation sites excluding steroid dienone is 4. The van der Waals surface area contributed by atoms with Crippen LogP contribution < -0.4 is 0 Å². The van der Waals surface area contributed by atoms with Gasteiger partial charge in [-0.25, -0.2) is 9.59 Å². The molecule has 328 valence electrons. The Labute approximate surface area is 304 Å². The summed E-state index contributed by atoms with van der Waals surface area (Å²) >= 11 is 0. The molecule has 2 fully saturated rings. The van der Waals surface area contributed by atoms with Gasteiger partial charge in [0.1, 0.15) is 11.9 Å². The molecule has 0 radical (unpaired) electrons. The van der Waals surface area contributed by atoms with E-state index in [2.05, 4.69) is 9.47 Å². The van der Waals surface area contributed by atoms with E-state index in [1.807, 2.05) is 0 Å². The van der Waals surface area contributed by atoms with Gasteiger partial charge in [-0.3, -0.25) is 0 Å². The number of hydrogen-bond acceptors (Lipinski definition) is 4. The van der Waals surface area contributed by atoms with Crippen LogP contribution in [0.1, 0.15) is 58.8 Å². The summed E-state index contributed by atoms with van der Waals surface area (Å²) in [4.78, 5) is 24.1. The van der Waals surface area contributed by atoms with E-state index >= 15 is 0 Å². The van der Waals surface area contributed by atoms with Crippen LogP contribution >= 0.6 is 0 Å². The van der Waals surface area contributed by atoms with Crippen molar-refractivity contribution in [1.82, 2.24) is 0 Å². The van der Waals surface area contributed by atoms with Gasteiger partial charge in [0.15, 0.2) is 0 Å². The molecule has 2 saturated carbocycles. The fourth-order valence-corrected chi connectivity index (χ4v) is 8.31. The fraction of sp³-hybridized carbons (Fsp3) is 0.806. The highest BCUT2D eigenvalue weighted by molar-refractivity contribution is 5.80. The number of halogens is 22. The maximum Gasteiger partial charge on any atom is 0.460 e. The molecule has 6 atom stereocenters. The number of carbonyl (C=O) groups excluding carboxylic acids is 2. The number of alkyl halides is 22. The van der Waals surface area contributed by atoms with Crippen LogP contribution in [0.15, 0.2) is 23.5 Å². The molecule has 4 aliphatic rings. The minimum Gasteiger partial charge on any atom is -0.457 e. The molecule has 0 saturated heterocycles. The van der Waals surface area contributed by atoms with E-state index in [4.69, 9.17) is 0 Å². The first-order valence-electron chi connectivity index (χ1n) is 16.2. The van der Waals surface area contributed by atoms with Crippen molar-refractivity contribution in [3.63, 3.8) is 0 Å². The molecule has 57 heavy (non-hydrogen) atoms. The molecule has 0 aromatic carbocycles. The molecule has 0 aliphatic heterocycles. The lowest BCUT2D eigenvalue weighted by Crippen LogP contribution is -2.73. The molecule has 1 unspecified atom stereocenters. The first-order valence-corrected chi connectivity index (χ1v) is 16.2. The second-order valence-corrected chi connectivity index (χ2v) is 14.8. The normalized spacial score (nSPS) is 29.8. The predicted molar refractivity (Wildman–Crippen MR) is 143 cm³/mol. The Hall–Kier alpha value is -3.12. The number of rotatable bonds is 10. The minimum atomic E-state index is -8.60. The molecule has 0 heterocycles. The Morgan fingerprint density at radius 3 is 1.56 bits per heavy atom. The lowest BCUT2D eigenvalue weighted by atomic mass is 9.48. The van der Waals surface area contributed by atoms with Crippen molar-refractivity contribution in [3.8, 4) is 0 Å². The Morgan fingerprint density at radius 2 is 1.05 bits per heavy atom. The highest BCUT2D eigenvalue weighted by atomic mass is 19.4. The molecule has 0 aromatic rings. The third-order valence-electron chi connectivity index (χ3n) is 11.7. The van der Waals surface area contributed by atoms with Crippen LogP contribution in [0.5, 0.6) is 0 Å². The van der Waals surface area contributed by atoms with Crippen molar-refractivity contribution in [1.29, 1.82) is 0 Å². The minimum absolute atomic E-state index is 0.00224. The van der Waals surface area contributed by atoms with E-state index in [-0.39, 0.29) is 37.7 Å². The highest BCUT2D eigenvalue weighted by Gasteiger charge is 2.94. The van der Waals surface area contributed by atoms with E-state index in [1.54, 1.807) is 6.92 Å². The average Bonchev–Trinajstić information content (AvgIpc) is 3.38. The molecule has 0 N–H and O–H groups in total. The number of fused-ring (bicyclic) bond motifs is 5. The summed E-state index contributed by atoms with van der Waals surface area (Å²) < 4.78 is 305. The van der Waals surface area contributed by atoms with Crippen LogP contribution in [0.2, 0.25) is 0 Å². The Kier molecular flexibility index (Phi) is 10.8. The maximum atomic E-state index is 14.7. The molecule has 26 heteroatoms. The van der Waals surface area contributed by atoms with Gasteiger partial charge < -0.3 is 9.47 Å². The zero-order valence-electron chi connectivity index (χ0n) is 28.4. The summed E-state index contributed by atoms with van der Waals surface area (Å²) in [6, 6.07) is 0. The maximum absolute atomic E-state index is 14.7. The zero-order chi connectivity index (χ0) is 44.4. The van der Waals surface area contributed by atoms with Crippen LogP contribution in [0.4, 0.5) is 96.6 Å². The van der Waals surface area contributed by atoms with Crippen LogP contribution in [0, 0.1) is 28.6 Å². The van der Waals surface area contributed by atoms with Crippen LogP contribution in [0.3, 0.4) is 0 Å². The molecule has 0 bridgehead atoms. The standard InChI is InChI=1S/C31H26F22O4/c1-20-9-7-13(56-18(54)23(34,35)25(38,39)30(48,49)50)11-12(20)3-4-14-15-5-6-17(21(15,2)10-8-16(14)20)57-19(55)22(32,33)24(36,37)26(40,41)27(42,43)28(44,45)29(46,47)31(51,52)53/h3,11,14-17H,4-10H2,1-2H3/t14-,15-,16-,17?,20-,21-/m0/s1. The SMILES string of the molecule is C[C@]12CCC(OC(=O)C(F)(F)C(F)(F)C(F)(F)F)=CC1=CC[C@@H]1[C@@H]2CC[C@]2(C)C(OC(=O)C(F)(F)C(F)(F)C(F)(F)C(F)(F)C(F)(F)C(F)(F)C(F)(F)F)CC[C@@H]12. The van der Waals surface area contributed by atoms with Crippen LogP contribution in [0.25, 0.3) is 0 Å². The molecule has 4 rings (SSSR count). The largest absolute Gasteiger partial charge is 0.460 e. The van der Waals surface area contributed by atoms with Gasteiger partial charge in [0.2, 0.25) is 0 Å². The number of esters is 2. The van der Waals surface area contributed by atoms with Crippen LogP contribution in [-0.2, 0) is 19.1 Å². The lowest BCUT2D eigenvalue weighted by Gasteiger charge is -2.56. The molecule has 4 nitrogen and oxygen atoms in total.